The largest absolute Gasteiger partial charge is 0.360 e. The summed E-state index contributed by atoms with van der Waals surface area (Å²) < 4.78 is 0. The third-order valence-corrected chi connectivity index (χ3v) is 6.78. The van der Waals surface area contributed by atoms with Crippen molar-refractivity contribution in [1.82, 2.24) is 25.2 Å². The highest BCUT2D eigenvalue weighted by Gasteiger charge is 2.24. The van der Waals surface area contributed by atoms with Gasteiger partial charge in [-0.05, 0) is 57.3 Å². The first kappa shape index (κ1) is 19.8. The summed E-state index contributed by atoms with van der Waals surface area (Å²) >= 11 is 6.46. The van der Waals surface area contributed by atoms with Crippen LogP contribution in [0.1, 0.15) is 25.7 Å². The first-order valence-electron chi connectivity index (χ1n) is 11.0. The van der Waals surface area contributed by atoms with Crippen molar-refractivity contribution in [2.24, 2.45) is 5.92 Å². The molecule has 1 atom stereocenters. The number of nitrogens with zero attached hydrogens (tertiary/aromatic N) is 3. The lowest BCUT2D eigenvalue weighted by molar-refractivity contribution is 0.271. The Morgan fingerprint density at radius 1 is 1.17 bits per heavy atom. The van der Waals surface area contributed by atoms with E-state index in [1.165, 1.54) is 38.9 Å². The van der Waals surface area contributed by atoms with Gasteiger partial charge in [-0.3, -0.25) is 0 Å². The maximum absolute atomic E-state index is 6.46. The third kappa shape index (κ3) is 4.31. The predicted molar refractivity (Wildman–Crippen MR) is 123 cm³/mol. The van der Waals surface area contributed by atoms with Crippen LogP contribution >= 0.6 is 11.6 Å². The summed E-state index contributed by atoms with van der Waals surface area (Å²) in [5, 5.41) is 8.69. The summed E-state index contributed by atoms with van der Waals surface area (Å²) in [6.45, 7) is 5.76. The van der Waals surface area contributed by atoms with E-state index < -0.39 is 0 Å². The lowest BCUT2D eigenvalue weighted by Gasteiger charge is -2.25. The third-order valence-electron chi connectivity index (χ3n) is 6.51. The number of rotatable bonds is 6. The topological polar surface area (TPSA) is 68.9 Å². The van der Waals surface area contributed by atoms with Crippen molar-refractivity contribution in [2.75, 3.05) is 38.0 Å². The number of likely N-dealkylation sites (tertiary alicyclic amines) is 1. The minimum absolute atomic E-state index is 0.384. The number of hydrogen-bond donors (Lipinski definition) is 3. The van der Waals surface area contributed by atoms with E-state index in [-0.39, 0.29) is 0 Å². The van der Waals surface area contributed by atoms with E-state index in [1.54, 1.807) is 6.20 Å². The molecule has 3 N–H and O–H groups in total. The van der Waals surface area contributed by atoms with Crippen LogP contribution in [-0.4, -0.2) is 58.6 Å². The molecule has 6 nitrogen and oxygen atoms in total. The van der Waals surface area contributed by atoms with Crippen LogP contribution in [0.4, 0.5) is 5.95 Å². The maximum atomic E-state index is 6.46. The van der Waals surface area contributed by atoms with Crippen LogP contribution in [0.15, 0.2) is 36.7 Å². The zero-order chi connectivity index (χ0) is 20.3. The summed E-state index contributed by atoms with van der Waals surface area (Å²) in [6.07, 6.45) is 8.77. The molecule has 5 rings (SSSR count). The fourth-order valence-electron chi connectivity index (χ4n) is 4.76. The molecule has 0 bridgehead atoms. The van der Waals surface area contributed by atoms with Gasteiger partial charge in [-0.1, -0.05) is 29.8 Å². The second kappa shape index (κ2) is 8.92. The lowest BCUT2D eigenvalue weighted by Crippen LogP contribution is -2.32. The number of halogens is 1. The van der Waals surface area contributed by atoms with Gasteiger partial charge in [0.1, 0.15) is 0 Å². The Kier molecular flexibility index (Phi) is 5.88. The molecule has 2 saturated heterocycles. The number of anilines is 1. The SMILES string of the molecule is Clc1cnc(NC2CCN(CCC3CCNCC3)C2)nc1-c1c[nH]c2ccccc12. The first-order chi connectivity index (χ1) is 14.8. The molecule has 1 aromatic carbocycles. The van der Waals surface area contributed by atoms with Gasteiger partial charge in [0.15, 0.2) is 0 Å². The van der Waals surface area contributed by atoms with Crippen LogP contribution in [0, 0.1) is 5.92 Å². The average Bonchev–Trinajstić information content (AvgIpc) is 3.41. The van der Waals surface area contributed by atoms with E-state index in [9.17, 15) is 0 Å². The Hall–Kier alpha value is -2.15. The molecule has 3 aromatic rings. The lowest BCUT2D eigenvalue weighted by atomic mass is 9.94. The highest BCUT2D eigenvalue weighted by molar-refractivity contribution is 6.33. The average molecular weight is 425 g/mol. The molecule has 0 saturated carbocycles. The Morgan fingerprint density at radius 2 is 2.03 bits per heavy atom. The highest BCUT2D eigenvalue weighted by atomic mass is 35.5. The van der Waals surface area contributed by atoms with Crippen LogP contribution in [0.5, 0.6) is 0 Å². The predicted octanol–water partition coefficient (Wildman–Crippen LogP) is 4.15. The maximum Gasteiger partial charge on any atom is 0.223 e. The molecule has 7 heteroatoms. The molecule has 0 radical (unpaired) electrons. The van der Waals surface area contributed by atoms with Crippen molar-refractivity contribution < 1.29 is 0 Å². The molecule has 2 aliphatic heterocycles. The monoisotopic (exact) mass is 424 g/mol. The Balaban J connectivity index is 1.23. The molecule has 1 unspecified atom stereocenters. The van der Waals surface area contributed by atoms with E-state index in [2.05, 4.69) is 37.6 Å². The molecular weight excluding hydrogens is 396 g/mol. The normalized spacial score (nSPS) is 20.8. The van der Waals surface area contributed by atoms with Gasteiger partial charge in [-0.2, -0.15) is 0 Å². The number of aromatic amines is 1. The molecule has 0 aliphatic carbocycles. The van der Waals surface area contributed by atoms with Crippen LogP contribution in [0.2, 0.25) is 5.02 Å². The number of fused-ring (bicyclic) bond motifs is 1. The minimum Gasteiger partial charge on any atom is -0.360 e. The number of hydrogen-bond acceptors (Lipinski definition) is 5. The van der Waals surface area contributed by atoms with Crippen molar-refractivity contribution in [3.8, 4) is 11.3 Å². The van der Waals surface area contributed by atoms with Gasteiger partial charge in [-0.15, -0.1) is 0 Å². The van der Waals surface area contributed by atoms with E-state index in [0.29, 0.717) is 17.0 Å². The zero-order valence-corrected chi connectivity index (χ0v) is 18.0. The van der Waals surface area contributed by atoms with E-state index in [0.717, 1.165) is 47.6 Å². The zero-order valence-electron chi connectivity index (χ0n) is 17.2. The summed E-state index contributed by atoms with van der Waals surface area (Å²) in [7, 11) is 0. The number of aromatic nitrogens is 3. The molecule has 158 valence electrons. The smallest absolute Gasteiger partial charge is 0.223 e. The summed E-state index contributed by atoms with van der Waals surface area (Å²) in [6, 6.07) is 8.59. The molecule has 30 heavy (non-hydrogen) atoms. The highest BCUT2D eigenvalue weighted by Crippen LogP contribution is 2.32. The standard InChI is InChI=1S/C23H29ClN6/c24-20-14-27-23(29-22(20)19-13-26-21-4-2-1-3-18(19)21)28-17-8-12-30(15-17)11-7-16-5-9-25-10-6-16/h1-4,13-14,16-17,25-26H,5-12,15H2,(H,27,28,29). The van der Waals surface area contributed by atoms with E-state index in [4.69, 9.17) is 16.6 Å². The van der Waals surface area contributed by atoms with Crippen molar-refractivity contribution in [1.29, 1.82) is 0 Å². The summed E-state index contributed by atoms with van der Waals surface area (Å²) in [5.74, 6) is 1.54. The van der Waals surface area contributed by atoms with Gasteiger partial charge in [0.25, 0.3) is 0 Å². The Morgan fingerprint density at radius 3 is 2.93 bits per heavy atom. The van der Waals surface area contributed by atoms with Crippen LogP contribution in [0.25, 0.3) is 22.2 Å². The molecular formula is C23H29ClN6. The van der Waals surface area contributed by atoms with Gasteiger partial charge in [0.2, 0.25) is 5.95 Å². The van der Waals surface area contributed by atoms with Gasteiger partial charge >= 0.3 is 0 Å². The minimum atomic E-state index is 0.384. The number of benzene rings is 1. The van der Waals surface area contributed by atoms with E-state index >= 15 is 0 Å². The van der Waals surface area contributed by atoms with Crippen molar-refractivity contribution in [2.45, 2.75) is 31.7 Å². The second-order valence-corrected chi connectivity index (χ2v) is 8.96. The van der Waals surface area contributed by atoms with Gasteiger partial charge < -0.3 is 20.5 Å². The molecule has 0 spiro atoms. The molecule has 2 aromatic heterocycles. The second-order valence-electron chi connectivity index (χ2n) is 8.55. The van der Waals surface area contributed by atoms with Crippen LogP contribution in [-0.2, 0) is 0 Å². The quantitative estimate of drug-likeness (QED) is 0.554. The van der Waals surface area contributed by atoms with E-state index in [1.807, 2.05) is 18.3 Å². The molecule has 0 amide bonds. The number of para-hydroxylation sites is 1. The Bertz CT molecular complexity index is 996. The number of piperidine rings is 1. The van der Waals surface area contributed by atoms with Crippen molar-refractivity contribution in [3.05, 3.63) is 41.7 Å². The van der Waals surface area contributed by atoms with Crippen LogP contribution in [0.3, 0.4) is 0 Å². The van der Waals surface area contributed by atoms with Gasteiger partial charge in [0.05, 0.1) is 16.9 Å². The van der Waals surface area contributed by atoms with Gasteiger partial charge in [0, 0.05) is 41.8 Å². The molecule has 2 fully saturated rings. The summed E-state index contributed by atoms with van der Waals surface area (Å²) in [4.78, 5) is 15.1. The van der Waals surface area contributed by atoms with Crippen molar-refractivity contribution in [3.63, 3.8) is 0 Å². The molecule has 4 heterocycles. The number of nitrogens with one attached hydrogen (secondary N) is 3. The summed E-state index contributed by atoms with van der Waals surface area (Å²) in [5.41, 5.74) is 2.86. The first-order valence-corrected chi connectivity index (χ1v) is 11.4. The molecule has 2 aliphatic rings. The van der Waals surface area contributed by atoms with Crippen LogP contribution < -0.4 is 10.6 Å². The van der Waals surface area contributed by atoms with Gasteiger partial charge in [-0.25, -0.2) is 9.97 Å². The number of H-pyrrole nitrogens is 1. The Labute approximate surface area is 182 Å². The fourth-order valence-corrected chi connectivity index (χ4v) is 4.96. The fraction of sp³-hybridized carbons (Fsp3) is 0.478. The van der Waals surface area contributed by atoms with Crippen molar-refractivity contribution >= 4 is 28.5 Å².